The second-order valence-electron chi connectivity index (χ2n) is 3.57. The molecule has 0 bridgehead atoms. The Morgan fingerprint density at radius 2 is 2.27 bits per heavy atom. The number of carbonyl (C=O) groups is 1. The summed E-state index contributed by atoms with van der Waals surface area (Å²) in [7, 11) is 0. The molecule has 1 aromatic carbocycles. The van der Waals surface area contributed by atoms with Crippen LogP contribution in [0.1, 0.15) is 18.4 Å². The summed E-state index contributed by atoms with van der Waals surface area (Å²) in [5.74, 6) is 0.187. The minimum absolute atomic E-state index is 0.0289. The van der Waals surface area contributed by atoms with Crippen LogP contribution in [0.3, 0.4) is 0 Å². The van der Waals surface area contributed by atoms with E-state index in [1.54, 1.807) is 18.2 Å². The highest BCUT2D eigenvalue weighted by molar-refractivity contribution is 6.31. The predicted octanol–water partition coefficient (Wildman–Crippen LogP) is 2.56. The summed E-state index contributed by atoms with van der Waals surface area (Å²) in [6, 6.07) is 6.87. The van der Waals surface area contributed by atoms with Gasteiger partial charge in [-0.25, -0.2) is 0 Å². The van der Waals surface area contributed by atoms with E-state index in [-0.39, 0.29) is 11.8 Å². The van der Waals surface area contributed by atoms with E-state index in [0.717, 1.165) is 12.8 Å². The molecule has 1 aliphatic rings. The van der Waals surface area contributed by atoms with Gasteiger partial charge >= 0.3 is 0 Å². The van der Waals surface area contributed by atoms with Crippen LogP contribution in [0.4, 0.5) is 5.69 Å². The van der Waals surface area contributed by atoms with E-state index in [2.05, 4.69) is 5.32 Å². The molecule has 0 spiro atoms. The summed E-state index contributed by atoms with van der Waals surface area (Å²) in [6.07, 6.45) is 1.93. The van der Waals surface area contributed by atoms with Gasteiger partial charge in [0.05, 0.1) is 10.6 Å². The molecule has 0 aliphatic heterocycles. The molecule has 0 aromatic heterocycles. The lowest BCUT2D eigenvalue weighted by Gasteiger charge is -2.04. The number of nitriles is 1. The first-order valence-corrected chi connectivity index (χ1v) is 5.09. The highest BCUT2D eigenvalue weighted by Crippen LogP contribution is 2.30. The minimum atomic E-state index is 0.0289. The van der Waals surface area contributed by atoms with Crippen LogP contribution >= 0.6 is 11.6 Å². The second kappa shape index (κ2) is 3.92. The maximum Gasteiger partial charge on any atom is 0.227 e. The standard InChI is InChI=1S/C11H9ClN2O/c12-10-4-3-9(5-8(10)6-13)14-11(15)7-1-2-7/h3-5,7H,1-2H2,(H,14,15). The van der Waals surface area contributed by atoms with E-state index in [4.69, 9.17) is 16.9 Å². The number of halogens is 1. The van der Waals surface area contributed by atoms with Crippen molar-refractivity contribution in [3.63, 3.8) is 0 Å². The summed E-state index contributed by atoms with van der Waals surface area (Å²) < 4.78 is 0. The van der Waals surface area contributed by atoms with Crippen molar-refractivity contribution in [2.75, 3.05) is 5.32 Å². The van der Waals surface area contributed by atoms with Crippen LogP contribution in [0.25, 0.3) is 0 Å². The predicted molar refractivity (Wildman–Crippen MR) is 57.5 cm³/mol. The number of nitrogens with one attached hydrogen (secondary N) is 1. The van der Waals surface area contributed by atoms with Gasteiger partial charge in [0.25, 0.3) is 0 Å². The van der Waals surface area contributed by atoms with E-state index < -0.39 is 0 Å². The lowest BCUT2D eigenvalue weighted by atomic mass is 10.2. The van der Waals surface area contributed by atoms with Gasteiger partial charge in [-0.05, 0) is 31.0 Å². The summed E-state index contributed by atoms with van der Waals surface area (Å²) >= 11 is 5.77. The molecule has 3 nitrogen and oxygen atoms in total. The molecule has 4 heteroatoms. The van der Waals surface area contributed by atoms with Gasteiger partial charge in [-0.1, -0.05) is 11.6 Å². The van der Waals surface area contributed by atoms with Crippen molar-refractivity contribution in [2.45, 2.75) is 12.8 Å². The van der Waals surface area contributed by atoms with Crippen molar-refractivity contribution in [1.82, 2.24) is 0 Å². The molecule has 1 aliphatic carbocycles. The molecular formula is C11H9ClN2O. The largest absolute Gasteiger partial charge is 0.326 e. The molecule has 1 saturated carbocycles. The fraction of sp³-hybridized carbons (Fsp3) is 0.273. The molecule has 0 radical (unpaired) electrons. The molecule has 2 rings (SSSR count). The third kappa shape index (κ3) is 2.28. The molecule has 15 heavy (non-hydrogen) atoms. The van der Waals surface area contributed by atoms with Crippen molar-refractivity contribution in [2.24, 2.45) is 5.92 Å². The van der Waals surface area contributed by atoms with Crippen LogP contribution in [0.2, 0.25) is 5.02 Å². The Kier molecular flexibility index (Phi) is 2.61. The van der Waals surface area contributed by atoms with E-state index in [0.29, 0.717) is 16.3 Å². The number of nitrogens with zero attached hydrogens (tertiary/aromatic N) is 1. The van der Waals surface area contributed by atoms with E-state index >= 15 is 0 Å². The maximum atomic E-state index is 11.4. The molecule has 0 saturated heterocycles. The van der Waals surface area contributed by atoms with Gasteiger partial charge in [0.15, 0.2) is 0 Å². The SMILES string of the molecule is N#Cc1cc(NC(=O)C2CC2)ccc1Cl. The molecule has 0 atom stereocenters. The van der Waals surface area contributed by atoms with Gasteiger partial charge < -0.3 is 5.32 Å². The molecule has 1 aromatic rings. The fourth-order valence-electron chi connectivity index (χ4n) is 1.28. The molecule has 1 amide bonds. The number of benzene rings is 1. The molecule has 1 N–H and O–H groups in total. The van der Waals surface area contributed by atoms with Gasteiger partial charge in [0.2, 0.25) is 5.91 Å². The summed E-state index contributed by atoms with van der Waals surface area (Å²) in [5, 5.41) is 11.9. The zero-order valence-corrected chi connectivity index (χ0v) is 8.71. The topological polar surface area (TPSA) is 52.9 Å². The second-order valence-corrected chi connectivity index (χ2v) is 3.98. The average Bonchev–Trinajstić information content (AvgIpc) is 3.04. The number of hydrogen-bond acceptors (Lipinski definition) is 2. The Morgan fingerprint density at radius 3 is 2.87 bits per heavy atom. The van der Waals surface area contributed by atoms with E-state index in [1.807, 2.05) is 6.07 Å². The van der Waals surface area contributed by atoms with Crippen LogP contribution < -0.4 is 5.32 Å². The normalized spacial score (nSPS) is 14.4. The first-order valence-electron chi connectivity index (χ1n) is 4.71. The third-order valence-corrected chi connectivity index (χ3v) is 2.63. The van der Waals surface area contributed by atoms with Gasteiger partial charge in [-0.3, -0.25) is 4.79 Å². The van der Waals surface area contributed by atoms with Crippen molar-refractivity contribution in [3.8, 4) is 6.07 Å². The Labute approximate surface area is 92.7 Å². The lowest BCUT2D eigenvalue weighted by Crippen LogP contribution is -2.13. The first-order chi connectivity index (χ1) is 7.20. The Hall–Kier alpha value is -1.53. The number of anilines is 1. The van der Waals surface area contributed by atoms with Crippen molar-refractivity contribution in [3.05, 3.63) is 28.8 Å². The summed E-state index contributed by atoms with van der Waals surface area (Å²) in [6.45, 7) is 0. The highest BCUT2D eigenvalue weighted by Gasteiger charge is 2.29. The van der Waals surface area contributed by atoms with Crippen molar-refractivity contribution >= 4 is 23.2 Å². The molecule has 76 valence electrons. The van der Waals surface area contributed by atoms with Crippen LogP contribution in [0.5, 0.6) is 0 Å². The van der Waals surface area contributed by atoms with E-state index in [1.165, 1.54) is 0 Å². The number of rotatable bonds is 2. The maximum absolute atomic E-state index is 11.4. The van der Waals surface area contributed by atoms with Gasteiger partial charge in [0, 0.05) is 11.6 Å². The number of carbonyl (C=O) groups excluding carboxylic acids is 1. The Bertz CT molecular complexity index is 446. The molecule has 0 unspecified atom stereocenters. The number of hydrogen-bond donors (Lipinski definition) is 1. The van der Waals surface area contributed by atoms with Gasteiger partial charge in [-0.2, -0.15) is 5.26 Å². The zero-order chi connectivity index (χ0) is 10.8. The van der Waals surface area contributed by atoms with Gasteiger partial charge in [0.1, 0.15) is 6.07 Å². The van der Waals surface area contributed by atoms with Crippen molar-refractivity contribution < 1.29 is 4.79 Å². The van der Waals surface area contributed by atoms with Crippen LogP contribution in [0, 0.1) is 17.2 Å². The zero-order valence-electron chi connectivity index (χ0n) is 7.96. The van der Waals surface area contributed by atoms with Crippen molar-refractivity contribution in [1.29, 1.82) is 5.26 Å². The highest BCUT2D eigenvalue weighted by atomic mass is 35.5. The Balaban J connectivity index is 2.15. The minimum Gasteiger partial charge on any atom is -0.326 e. The number of amides is 1. The average molecular weight is 221 g/mol. The smallest absolute Gasteiger partial charge is 0.227 e. The Morgan fingerprint density at radius 1 is 1.53 bits per heavy atom. The molecule has 1 fully saturated rings. The monoisotopic (exact) mass is 220 g/mol. The van der Waals surface area contributed by atoms with E-state index in [9.17, 15) is 4.79 Å². The molecule has 0 heterocycles. The van der Waals surface area contributed by atoms with Crippen LogP contribution in [-0.2, 0) is 4.79 Å². The first kappa shape index (κ1) is 10.0. The van der Waals surface area contributed by atoms with Crippen LogP contribution in [0.15, 0.2) is 18.2 Å². The quantitative estimate of drug-likeness (QED) is 0.833. The molecular weight excluding hydrogens is 212 g/mol. The summed E-state index contributed by atoms with van der Waals surface area (Å²) in [4.78, 5) is 11.4. The summed E-state index contributed by atoms with van der Waals surface area (Å²) in [5.41, 5.74) is 1.01. The third-order valence-electron chi connectivity index (χ3n) is 2.30. The lowest BCUT2D eigenvalue weighted by molar-refractivity contribution is -0.117. The fourth-order valence-corrected chi connectivity index (χ4v) is 1.44. The van der Waals surface area contributed by atoms with Gasteiger partial charge in [-0.15, -0.1) is 0 Å². The van der Waals surface area contributed by atoms with Crippen LogP contribution in [-0.4, -0.2) is 5.91 Å².